The molecule has 0 unspecified atom stereocenters. The molecule has 0 bridgehead atoms. The first kappa shape index (κ1) is 49.9. The molecular weight excluding hydrogens is 887 g/mol. The molecule has 2 saturated heterocycles. The summed E-state index contributed by atoms with van der Waals surface area (Å²) in [6.07, 6.45) is 13.1. The molecule has 2 saturated carbocycles. The molecule has 1 amide bonds. The number of likely N-dealkylation sites (tertiary alicyclic amines) is 2. The van der Waals surface area contributed by atoms with Crippen LogP contribution in [0.2, 0.25) is 0 Å². The van der Waals surface area contributed by atoms with E-state index in [1.165, 1.54) is 79.8 Å². The van der Waals surface area contributed by atoms with Crippen LogP contribution in [0, 0.1) is 0 Å². The lowest BCUT2D eigenvalue weighted by Crippen LogP contribution is -2.38. The Morgan fingerprint density at radius 2 is 1.09 bits per heavy atom. The Morgan fingerprint density at radius 3 is 1.45 bits per heavy atom. The number of nitrogens with one attached hydrogen (secondary N) is 1. The number of hydrogen-bond acceptors (Lipinski definition) is 11. The van der Waals surface area contributed by atoms with E-state index in [4.69, 9.17) is 4.42 Å². The first-order valence-electron chi connectivity index (χ1n) is 24.7. The predicted octanol–water partition coefficient (Wildman–Crippen LogP) is 10.0. The minimum absolute atomic E-state index is 0.00928. The number of ketones is 1. The van der Waals surface area contributed by atoms with E-state index in [0.29, 0.717) is 41.7 Å². The van der Waals surface area contributed by atoms with Crippen molar-refractivity contribution in [3.8, 4) is 11.5 Å². The van der Waals surface area contributed by atoms with Gasteiger partial charge in [0.05, 0.1) is 17.7 Å². The van der Waals surface area contributed by atoms with Crippen molar-refractivity contribution >= 4 is 11.7 Å². The number of piperidine rings is 2. The summed E-state index contributed by atoms with van der Waals surface area (Å²) in [5, 5.41) is 8.94. The highest BCUT2D eigenvalue weighted by molar-refractivity contribution is 5.99. The lowest BCUT2D eigenvalue weighted by molar-refractivity contribution is -0.131. The van der Waals surface area contributed by atoms with E-state index < -0.39 is 37.0 Å². The fraction of sp³-hybridized carbons (Fsp3) is 0.547. The summed E-state index contributed by atoms with van der Waals surface area (Å²) < 4.78 is 54.9. The van der Waals surface area contributed by atoms with E-state index in [-0.39, 0.29) is 22.3 Å². The van der Waals surface area contributed by atoms with Crippen molar-refractivity contribution in [1.29, 1.82) is 0 Å². The number of carbonyl (C=O) groups excluding carboxylic acids is 2. The lowest BCUT2D eigenvalue weighted by atomic mass is 9.62. The standard InChI is InChI=1S/C27H34F2N4O2.C26H31F2N5O/c1-18(2)33-12-8-20(9-13-33)19-4-6-22(7-5-19)27(10-3-11-27)14-24-30-15-21(16-31-24)23(34)17-32-26(35)25(28)29;1-17(2)33-12-8-19(9-13-33)18-4-6-21(7-5-18)26(10-3-11-26)14-22-29-15-20(16-30-22)24-31-32-25(34-24)23(27)28/h4-7,15-16,18,20,25H,3,8-14,17H2,1-2H3,(H,32,35);4-7,15-17,19,23H,3,8-14H2,1-2H3. The molecule has 9 rings (SSSR count). The van der Waals surface area contributed by atoms with Gasteiger partial charge in [-0.1, -0.05) is 61.4 Å². The van der Waals surface area contributed by atoms with Gasteiger partial charge >= 0.3 is 12.9 Å². The molecule has 5 heterocycles. The fourth-order valence-corrected chi connectivity index (χ4v) is 10.6. The van der Waals surface area contributed by atoms with Gasteiger partial charge in [-0.25, -0.2) is 19.9 Å². The van der Waals surface area contributed by atoms with Crippen LogP contribution in [-0.4, -0.2) is 103 Å². The zero-order valence-corrected chi connectivity index (χ0v) is 40.2. The Morgan fingerprint density at radius 1 is 0.652 bits per heavy atom. The molecular formula is C53H65F4N9O3. The van der Waals surface area contributed by atoms with E-state index in [1.54, 1.807) is 12.4 Å². The highest BCUT2D eigenvalue weighted by atomic mass is 19.3. The quantitative estimate of drug-likeness (QED) is 0.0746. The van der Waals surface area contributed by atoms with Crippen LogP contribution in [0.1, 0.15) is 160 Å². The Hall–Kier alpha value is -5.48. The number of Topliss-reactive ketones (excluding diaryl/α,β-unsaturated/α-hetero) is 1. The summed E-state index contributed by atoms with van der Waals surface area (Å²) >= 11 is 0. The average Bonchev–Trinajstić information content (AvgIpc) is 3.85. The molecule has 16 heteroatoms. The molecule has 4 fully saturated rings. The zero-order chi connectivity index (χ0) is 48.7. The maximum Gasteiger partial charge on any atom is 0.315 e. The molecule has 5 aromatic rings. The first-order chi connectivity index (χ1) is 33.2. The number of benzene rings is 2. The van der Waals surface area contributed by atoms with E-state index in [2.05, 4.69) is 116 Å². The van der Waals surface area contributed by atoms with Gasteiger partial charge in [-0.05, 0) is 139 Å². The summed E-state index contributed by atoms with van der Waals surface area (Å²) in [7, 11) is 0. The number of aromatic nitrogens is 6. The summed E-state index contributed by atoms with van der Waals surface area (Å²) in [5.74, 6) is 0.0121. The SMILES string of the molecule is CC(C)N1CCC(c2ccc(C3(Cc4ncc(-c5nnc(C(F)F)o5)cn4)CCC3)cc2)CC1.CC(C)N1CCC(c2ccc(C3(Cc4ncc(C(=O)CNC(=O)C(F)F)cn4)CCC3)cc2)CC1. The van der Waals surface area contributed by atoms with Crippen molar-refractivity contribution in [2.45, 2.75) is 152 Å². The van der Waals surface area contributed by atoms with Crippen LogP contribution in [0.3, 0.4) is 0 Å². The molecule has 3 aromatic heterocycles. The van der Waals surface area contributed by atoms with Gasteiger partial charge in [0.2, 0.25) is 0 Å². The number of alkyl halides is 4. The number of rotatable bonds is 16. The maximum atomic E-state index is 12.7. The van der Waals surface area contributed by atoms with Gasteiger partial charge in [-0.2, -0.15) is 17.6 Å². The second-order valence-corrected chi connectivity index (χ2v) is 20.1. The Balaban J connectivity index is 0.000000186. The molecule has 2 aliphatic heterocycles. The molecule has 12 nitrogen and oxygen atoms in total. The zero-order valence-electron chi connectivity index (χ0n) is 40.2. The summed E-state index contributed by atoms with van der Waals surface area (Å²) in [6.45, 7) is 13.2. The van der Waals surface area contributed by atoms with Crippen molar-refractivity contribution < 1.29 is 31.6 Å². The third-order valence-electron chi connectivity index (χ3n) is 15.4. The lowest BCUT2D eigenvalue weighted by Gasteiger charge is -2.42. The van der Waals surface area contributed by atoms with Crippen molar-refractivity contribution in [2.24, 2.45) is 0 Å². The Bertz CT molecular complexity index is 2440. The van der Waals surface area contributed by atoms with Crippen molar-refractivity contribution in [3.05, 3.63) is 119 Å². The molecule has 69 heavy (non-hydrogen) atoms. The number of hydrogen-bond donors (Lipinski definition) is 1. The first-order valence-corrected chi connectivity index (χ1v) is 24.7. The van der Waals surface area contributed by atoms with Crippen LogP contribution < -0.4 is 5.32 Å². The number of halogens is 4. The highest BCUT2D eigenvalue weighted by Gasteiger charge is 2.41. The van der Waals surface area contributed by atoms with E-state index in [1.807, 2.05) is 5.32 Å². The van der Waals surface area contributed by atoms with Gasteiger partial charge in [-0.3, -0.25) is 9.59 Å². The maximum absolute atomic E-state index is 12.7. The average molecular weight is 952 g/mol. The summed E-state index contributed by atoms with van der Waals surface area (Å²) in [6, 6.07) is 19.6. The topological polar surface area (TPSA) is 143 Å². The monoisotopic (exact) mass is 952 g/mol. The van der Waals surface area contributed by atoms with Crippen LogP contribution in [0.5, 0.6) is 0 Å². The number of nitrogens with zero attached hydrogens (tertiary/aromatic N) is 8. The Labute approximate surface area is 402 Å². The largest absolute Gasteiger partial charge is 0.415 e. The van der Waals surface area contributed by atoms with Crippen LogP contribution in [0.15, 0.2) is 77.7 Å². The third kappa shape index (κ3) is 11.9. The second-order valence-electron chi connectivity index (χ2n) is 20.1. The van der Waals surface area contributed by atoms with Crippen LogP contribution in [0.4, 0.5) is 17.6 Å². The minimum Gasteiger partial charge on any atom is -0.415 e. The molecule has 2 aromatic carbocycles. The van der Waals surface area contributed by atoms with Crippen LogP contribution in [-0.2, 0) is 28.5 Å². The molecule has 0 spiro atoms. The van der Waals surface area contributed by atoms with Gasteiger partial charge < -0.3 is 19.5 Å². The van der Waals surface area contributed by atoms with E-state index >= 15 is 0 Å². The molecule has 0 radical (unpaired) electrons. The minimum atomic E-state index is -3.15. The van der Waals surface area contributed by atoms with Gasteiger partial charge in [0.25, 0.3) is 17.7 Å². The van der Waals surface area contributed by atoms with Crippen molar-refractivity contribution in [1.82, 2.24) is 45.2 Å². The molecule has 4 aliphatic rings. The molecule has 1 N–H and O–H groups in total. The second kappa shape index (κ2) is 22.1. The van der Waals surface area contributed by atoms with E-state index in [0.717, 1.165) is 57.4 Å². The van der Waals surface area contributed by atoms with Gasteiger partial charge in [0, 0.05) is 60.5 Å². The summed E-state index contributed by atoms with van der Waals surface area (Å²) in [4.78, 5) is 45.9. The smallest absolute Gasteiger partial charge is 0.315 e. The van der Waals surface area contributed by atoms with Gasteiger partial charge in [0.1, 0.15) is 11.6 Å². The van der Waals surface area contributed by atoms with Crippen molar-refractivity contribution in [2.75, 3.05) is 32.7 Å². The van der Waals surface area contributed by atoms with Gasteiger partial charge in [-0.15, -0.1) is 10.2 Å². The number of carbonyl (C=O) groups is 2. The number of amides is 1. The molecule has 2 aliphatic carbocycles. The summed E-state index contributed by atoms with van der Waals surface area (Å²) in [5.41, 5.74) is 6.25. The molecule has 368 valence electrons. The normalized spacial score (nSPS) is 18.7. The Kier molecular flexibility index (Phi) is 16.0. The predicted molar refractivity (Wildman–Crippen MR) is 254 cm³/mol. The van der Waals surface area contributed by atoms with Crippen molar-refractivity contribution in [3.63, 3.8) is 0 Å². The van der Waals surface area contributed by atoms with Gasteiger partial charge in [0.15, 0.2) is 5.78 Å². The fourth-order valence-electron chi connectivity index (χ4n) is 10.6. The highest BCUT2D eigenvalue weighted by Crippen LogP contribution is 2.47. The molecule has 0 atom stereocenters. The third-order valence-corrected chi connectivity index (χ3v) is 15.4. The van der Waals surface area contributed by atoms with Crippen LogP contribution in [0.25, 0.3) is 11.5 Å². The van der Waals surface area contributed by atoms with E-state index in [9.17, 15) is 27.2 Å². The van der Waals surface area contributed by atoms with Crippen LogP contribution >= 0.6 is 0 Å².